The average molecular weight is 285 g/mol. The number of hydrogen-bond donors (Lipinski definition) is 2. The molecule has 0 saturated heterocycles. The Hall–Kier alpha value is -2.51. The fourth-order valence-electron chi connectivity index (χ4n) is 1.82. The molecule has 0 bridgehead atoms. The van der Waals surface area contributed by atoms with E-state index in [1.165, 1.54) is 6.07 Å². The number of aromatic carboxylic acids is 1. The summed E-state index contributed by atoms with van der Waals surface area (Å²) in [4.78, 5) is 10.9. The highest BCUT2D eigenvalue weighted by molar-refractivity contribution is 5.89. The minimum absolute atomic E-state index is 0.264. The monoisotopic (exact) mass is 285 g/mol. The highest BCUT2D eigenvalue weighted by Gasteiger charge is 2.41. The van der Waals surface area contributed by atoms with Gasteiger partial charge in [0.05, 0.1) is 5.69 Å². The van der Waals surface area contributed by atoms with Gasteiger partial charge in [-0.3, -0.25) is 0 Å². The molecule has 2 aromatic rings. The number of halogens is 3. The molecule has 1 aromatic carbocycles. The van der Waals surface area contributed by atoms with Gasteiger partial charge in [-0.25, -0.2) is 9.48 Å². The molecule has 0 atom stereocenters. The predicted molar refractivity (Wildman–Crippen MR) is 64.7 cm³/mol. The van der Waals surface area contributed by atoms with Crippen molar-refractivity contribution >= 4 is 11.8 Å². The Kier molecular flexibility index (Phi) is 3.16. The van der Waals surface area contributed by atoms with E-state index in [1.807, 2.05) is 0 Å². The number of nitrogens with zero attached hydrogens (tertiary/aromatic N) is 2. The molecule has 0 amide bonds. The first-order chi connectivity index (χ1) is 9.21. The molecule has 1 aromatic heterocycles. The normalized spacial score (nSPS) is 11.6. The Morgan fingerprint density at radius 1 is 1.40 bits per heavy atom. The lowest BCUT2D eigenvalue weighted by Crippen LogP contribution is -2.13. The van der Waals surface area contributed by atoms with Crippen LogP contribution in [-0.4, -0.2) is 20.9 Å². The number of carboxylic acid groups (broad SMARTS) is 1. The van der Waals surface area contributed by atoms with Crippen molar-refractivity contribution < 1.29 is 23.1 Å². The topological polar surface area (TPSA) is 81.1 Å². The third-order valence-corrected chi connectivity index (χ3v) is 2.65. The molecule has 2 rings (SSSR count). The van der Waals surface area contributed by atoms with E-state index in [4.69, 9.17) is 10.8 Å². The maximum absolute atomic E-state index is 12.9. The highest BCUT2D eigenvalue weighted by atomic mass is 19.4. The summed E-state index contributed by atoms with van der Waals surface area (Å²) >= 11 is 0. The third-order valence-electron chi connectivity index (χ3n) is 2.65. The molecule has 5 nitrogen and oxygen atoms in total. The van der Waals surface area contributed by atoms with Gasteiger partial charge in [-0.1, -0.05) is 12.1 Å². The summed E-state index contributed by atoms with van der Waals surface area (Å²) in [5.74, 6) is -2.53. The zero-order valence-corrected chi connectivity index (χ0v) is 10.3. The Bertz CT molecular complexity index is 677. The van der Waals surface area contributed by atoms with Gasteiger partial charge in [0.1, 0.15) is 11.4 Å². The minimum Gasteiger partial charge on any atom is -0.476 e. The molecule has 0 unspecified atom stereocenters. The van der Waals surface area contributed by atoms with Crippen molar-refractivity contribution in [1.82, 2.24) is 9.78 Å². The zero-order valence-electron chi connectivity index (χ0n) is 10.3. The summed E-state index contributed by atoms with van der Waals surface area (Å²) in [6, 6.07) is 6.39. The van der Waals surface area contributed by atoms with Crippen LogP contribution in [0.2, 0.25) is 0 Å². The number of anilines is 1. The van der Waals surface area contributed by atoms with Crippen molar-refractivity contribution in [2.24, 2.45) is 0 Å². The Morgan fingerprint density at radius 2 is 2.05 bits per heavy atom. The molecule has 0 saturated carbocycles. The van der Waals surface area contributed by atoms with Crippen LogP contribution in [0.3, 0.4) is 0 Å². The van der Waals surface area contributed by atoms with E-state index in [1.54, 1.807) is 25.1 Å². The van der Waals surface area contributed by atoms with Gasteiger partial charge < -0.3 is 10.8 Å². The fourth-order valence-corrected chi connectivity index (χ4v) is 1.82. The van der Waals surface area contributed by atoms with Crippen molar-refractivity contribution in [3.8, 4) is 5.69 Å². The number of aromatic nitrogens is 2. The van der Waals surface area contributed by atoms with Crippen molar-refractivity contribution in [2.75, 3.05) is 5.73 Å². The van der Waals surface area contributed by atoms with Crippen LogP contribution in [0.25, 0.3) is 5.69 Å². The standard InChI is InChI=1S/C12H10F3N3O2/c1-6-3-2-4-7(5-6)18-10(16)8(12(13,14)15)9(17-18)11(19)20/h2-5H,16H2,1H3,(H,19,20). The molecule has 20 heavy (non-hydrogen) atoms. The zero-order chi connectivity index (χ0) is 15.1. The maximum atomic E-state index is 12.9. The van der Waals surface area contributed by atoms with E-state index < -0.39 is 29.2 Å². The van der Waals surface area contributed by atoms with Crippen molar-refractivity contribution in [3.05, 3.63) is 41.1 Å². The number of alkyl halides is 3. The molecule has 1 heterocycles. The second kappa shape index (κ2) is 4.55. The highest BCUT2D eigenvalue weighted by Crippen LogP contribution is 2.37. The Labute approximate surface area is 111 Å². The van der Waals surface area contributed by atoms with Crippen LogP contribution in [0, 0.1) is 6.92 Å². The maximum Gasteiger partial charge on any atom is 0.422 e. The number of nitrogens with two attached hydrogens (primary N) is 1. The van der Waals surface area contributed by atoms with E-state index in [0.717, 1.165) is 10.2 Å². The molecule has 0 aliphatic rings. The number of hydrogen-bond acceptors (Lipinski definition) is 3. The van der Waals surface area contributed by atoms with Gasteiger partial charge in [0, 0.05) is 0 Å². The summed E-state index contributed by atoms with van der Waals surface area (Å²) in [6.45, 7) is 1.74. The van der Waals surface area contributed by atoms with Gasteiger partial charge in [-0.05, 0) is 24.6 Å². The van der Waals surface area contributed by atoms with Crippen LogP contribution < -0.4 is 5.73 Å². The van der Waals surface area contributed by atoms with E-state index in [9.17, 15) is 18.0 Å². The Morgan fingerprint density at radius 3 is 2.50 bits per heavy atom. The van der Waals surface area contributed by atoms with Crippen molar-refractivity contribution in [2.45, 2.75) is 13.1 Å². The molecule has 0 aliphatic heterocycles. The quantitative estimate of drug-likeness (QED) is 0.888. The summed E-state index contributed by atoms with van der Waals surface area (Å²) in [5, 5.41) is 12.3. The molecule has 0 spiro atoms. The van der Waals surface area contributed by atoms with Crippen LogP contribution in [0.5, 0.6) is 0 Å². The van der Waals surface area contributed by atoms with Gasteiger partial charge in [0.2, 0.25) is 0 Å². The van der Waals surface area contributed by atoms with Gasteiger partial charge in [0.25, 0.3) is 0 Å². The molecule has 3 N–H and O–H groups in total. The van der Waals surface area contributed by atoms with Crippen molar-refractivity contribution in [3.63, 3.8) is 0 Å². The first-order valence-corrected chi connectivity index (χ1v) is 5.48. The van der Waals surface area contributed by atoms with Crippen LogP contribution in [0.15, 0.2) is 24.3 Å². The van der Waals surface area contributed by atoms with Crippen LogP contribution in [0.4, 0.5) is 19.0 Å². The van der Waals surface area contributed by atoms with E-state index in [-0.39, 0.29) is 5.69 Å². The molecular formula is C12H10F3N3O2. The van der Waals surface area contributed by atoms with Crippen LogP contribution >= 0.6 is 0 Å². The lowest BCUT2D eigenvalue weighted by Gasteiger charge is -2.07. The second-order valence-corrected chi connectivity index (χ2v) is 4.16. The average Bonchev–Trinajstić information content (AvgIpc) is 2.66. The number of carbonyl (C=O) groups is 1. The Balaban J connectivity index is 2.71. The predicted octanol–water partition coefficient (Wildman–Crippen LogP) is 2.48. The molecule has 0 radical (unpaired) electrons. The summed E-state index contributed by atoms with van der Waals surface area (Å²) < 4.78 is 39.4. The molecular weight excluding hydrogens is 275 g/mol. The number of carboxylic acids is 1. The fraction of sp³-hybridized carbons (Fsp3) is 0.167. The lowest BCUT2D eigenvalue weighted by atomic mass is 10.2. The first kappa shape index (κ1) is 13.9. The van der Waals surface area contributed by atoms with E-state index >= 15 is 0 Å². The summed E-state index contributed by atoms with van der Waals surface area (Å²) in [5.41, 5.74) is 3.92. The summed E-state index contributed by atoms with van der Waals surface area (Å²) in [7, 11) is 0. The minimum atomic E-state index is -4.89. The third kappa shape index (κ3) is 2.31. The van der Waals surface area contributed by atoms with E-state index in [2.05, 4.69) is 5.10 Å². The second-order valence-electron chi connectivity index (χ2n) is 4.16. The van der Waals surface area contributed by atoms with Gasteiger partial charge in [-0.2, -0.15) is 18.3 Å². The molecule has 0 aliphatic carbocycles. The largest absolute Gasteiger partial charge is 0.476 e. The summed E-state index contributed by atoms with van der Waals surface area (Å²) in [6.07, 6.45) is -4.89. The van der Waals surface area contributed by atoms with E-state index in [0.29, 0.717) is 0 Å². The SMILES string of the molecule is Cc1cccc(-n2nc(C(=O)O)c(C(F)(F)F)c2N)c1. The van der Waals surface area contributed by atoms with Gasteiger partial charge in [0.15, 0.2) is 5.69 Å². The molecule has 8 heteroatoms. The number of aryl methyl sites for hydroxylation is 1. The molecule has 0 fully saturated rings. The van der Waals surface area contributed by atoms with Crippen LogP contribution in [-0.2, 0) is 6.18 Å². The number of benzene rings is 1. The molecule has 106 valence electrons. The van der Waals surface area contributed by atoms with Crippen molar-refractivity contribution in [1.29, 1.82) is 0 Å². The lowest BCUT2D eigenvalue weighted by molar-refractivity contribution is -0.137. The number of rotatable bonds is 2. The smallest absolute Gasteiger partial charge is 0.422 e. The first-order valence-electron chi connectivity index (χ1n) is 5.48. The van der Waals surface area contributed by atoms with Gasteiger partial charge >= 0.3 is 12.1 Å². The van der Waals surface area contributed by atoms with Gasteiger partial charge in [-0.15, -0.1) is 0 Å². The number of nitrogen functional groups attached to an aromatic ring is 1. The van der Waals surface area contributed by atoms with Crippen LogP contribution in [0.1, 0.15) is 21.6 Å².